The minimum absolute atomic E-state index is 0.214. The van der Waals surface area contributed by atoms with Crippen molar-refractivity contribution in [3.05, 3.63) is 0 Å². The molecule has 18 heavy (non-hydrogen) atoms. The largest absolute Gasteiger partial charge is 0.457 e. The maximum Gasteiger partial charge on any atom is 0.324 e. The number of carbonyl (C=O) groups excluding carboxylic acids is 3. The Morgan fingerprint density at radius 2 is 2.28 bits per heavy atom. The molecule has 0 amide bonds. The SMILES string of the molecule is CCCC(=O)C1C(=O)CC2(CCCSC2)OC1=O. The molecule has 0 saturated carbocycles. The van der Waals surface area contributed by atoms with Crippen LogP contribution in [-0.2, 0) is 19.1 Å². The van der Waals surface area contributed by atoms with Gasteiger partial charge in [-0.3, -0.25) is 14.4 Å². The summed E-state index contributed by atoms with van der Waals surface area (Å²) in [6.07, 6.45) is 2.83. The van der Waals surface area contributed by atoms with Crippen LogP contribution in [0.1, 0.15) is 39.0 Å². The normalized spacial score (nSPS) is 32.4. The van der Waals surface area contributed by atoms with Gasteiger partial charge in [-0.15, -0.1) is 0 Å². The number of carbonyl (C=O) groups is 3. The number of hydrogen-bond donors (Lipinski definition) is 0. The number of esters is 1. The predicted octanol–water partition coefficient (Wildman–Crippen LogP) is 1.75. The van der Waals surface area contributed by atoms with E-state index in [4.69, 9.17) is 4.74 Å². The van der Waals surface area contributed by atoms with E-state index >= 15 is 0 Å². The molecule has 100 valence electrons. The lowest BCUT2D eigenvalue weighted by Gasteiger charge is -2.40. The molecule has 4 nitrogen and oxygen atoms in total. The van der Waals surface area contributed by atoms with E-state index < -0.39 is 17.5 Å². The van der Waals surface area contributed by atoms with Crippen LogP contribution < -0.4 is 0 Å². The van der Waals surface area contributed by atoms with Gasteiger partial charge in [0.1, 0.15) is 5.60 Å². The molecule has 2 unspecified atom stereocenters. The molecular formula is C13H18O4S. The minimum atomic E-state index is -1.15. The van der Waals surface area contributed by atoms with Crippen molar-refractivity contribution in [2.24, 2.45) is 5.92 Å². The van der Waals surface area contributed by atoms with E-state index in [0.717, 1.165) is 18.6 Å². The third-order valence-electron chi connectivity index (χ3n) is 3.48. The van der Waals surface area contributed by atoms with E-state index in [0.29, 0.717) is 12.2 Å². The first-order valence-corrected chi connectivity index (χ1v) is 7.59. The highest BCUT2D eigenvalue weighted by Gasteiger charge is 2.49. The molecule has 2 saturated heterocycles. The van der Waals surface area contributed by atoms with Crippen molar-refractivity contribution < 1.29 is 19.1 Å². The average Bonchev–Trinajstić information content (AvgIpc) is 2.28. The number of Topliss-reactive ketones (excluding diaryl/α,β-unsaturated/α-hetero) is 2. The molecule has 0 bridgehead atoms. The molecule has 2 rings (SSSR count). The zero-order valence-corrected chi connectivity index (χ0v) is 11.4. The quantitative estimate of drug-likeness (QED) is 0.577. The van der Waals surface area contributed by atoms with Crippen molar-refractivity contribution in [1.29, 1.82) is 0 Å². The van der Waals surface area contributed by atoms with Crippen LogP contribution in [0.4, 0.5) is 0 Å². The summed E-state index contributed by atoms with van der Waals surface area (Å²) in [4.78, 5) is 35.7. The van der Waals surface area contributed by atoms with Crippen molar-refractivity contribution in [3.8, 4) is 0 Å². The second-order valence-electron chi connectivity index (χ2n) is 5.05. The number of hydrogen-bond acceptors (Lipinski definition) is 5. The molecule has 0 aromatic carbocycles. The second-order valence-corrected chi connectivity index (χ2v) is 6.16. The molecule has 0 aromatic rings. The fourth-order valence-corrected chi connectivity index (χ4v) is 3.78. The Kier molecular flexibility index (Phi) is 4.10. The smallest absolute Gasteiger partial charge is 0.324 e. The third kappa shape index (κ3) is 2.60. The first-order valence-electron chi connectivity index (χ1n) is 6.44. The highest BCUT2D eigenvalue weighted by atomic mass is 32.2. The van der Waals surface area contributed by atoms with Gasteiger partial charge in [-0.2, -0.15) is 11.8 Å². The number of ketones is 2. The van der Waals surface area contributed by atoms with Gasteiger partial charge in [-0.05, 0) is 25.0 Å². The topological polar surface area (TPSA) is 60.4 Å². The Hall–Kier alpha value is -0.840. The van der Waals surface area contributed by atoms with E-state index in [1.54, 1.807) is 11.8 Å². The molecule has 0 aliphatic carbocycles. The zero-order valence-electron chi connectivity index (χ0n) is 10.6. The van der Waals surface area contributed by atoms with Crippen LogP contribution in [0.5, 0.6) is 0 Å². The molecular weight excluding hydrogens is 252 g/mol. The molecule has 0 radical (unpaired) electrons. The fraction of sp³-hybridized carbons (Fsp3) is 0.769. The summed E-state index contributed by atoms with van der Waals surface area (Å²) in [6.45, 7) is 1.86. The number of thioether (sulfide) groups is 1. The highest BCUT2D eigenvalue weighted by molar-refractivity contribution is 7.99. The summed E-state index contributed by atoms with van der Waals surface area (Å²) in [5, 5.41) is 0. The van der Waals surface area contributed by atoms with Gasteiger partial charge in [0.05, 0.1) is 0 Å². The lowest BCUT2D eigenvalue weighted by atomic mass is 9.83. The minimum Gasteiger partial charge on any atom is -0.457 e. The van der Waals surface area contributed by atoms with Gasteiger partial charge in [0.2, 0.25) is 0 Å². The number of ether oxygens (including phenoxy) is 1. The molecule has 1 spiro atoms. The first kappa shape index (κ1) is 13.6. The van der Waals surface area contributed by atoms with Crippen LogP contribution in [0.15, 0.2) is 0 Å². The van der Waals surface area contributed by atoms with Gasteiger partial charge in [-0.25, -0.2) is 0 Å². The maximum absolute atomic E-state index is 12.1. The Labute approximate surface area is 111 Å². The standard InChI is InChI=1S/C13H18O4S/c1-2-4-9(14)11-10(15)7-13(17-12(11)16)5-3-6-18-8-13/h11H,2-8H2,1H3. The average molecular weight is 270 g/mol. The zero-order chi connectivity index (χ0) is 13.2. The van der Waals surface area contributed by atoms with Crippen LogP contribution in [0, 0.1) is 5.92 Å². The second kappa shape index (κ2) is 5.43. The monoisotopic (exact) mass is 270 g/mol. The Balaban J connectivity index is 2.10. The summed E-state index contributed by atoms with van der Waals surface area (Å²) < 4.78 is 5.46. The molecule has 2 aliphatic heterocycles. The lowest BCUT2D eigenvalue weighted by Crippen LogP contribution is -2.52. The molecule has 2 atom stereocenters. The van der Waals surface area contributed by atoms with Crippen molar-refractivity contribution in [1.82, 2.24) is 0 Å². The summed E-state index contributed by atoms with van der Waals surface area (Å²) >= 11 is 1.71. The van der Waals surface area contributed by atoms with Crippen LogP contribution in [0.2, 0.25) is 0 Å². The first-order chi connectivity index (χ1) is 8.58. The summed E-state index contributed by atoms with van der Waals surface area (Å²) in [7, 11) is 0. The van der Waals surface area contributed by atoms with Gasteiger partial charge in [-0.1, -0.05) is 6.92 Å². The van der Waals surface area contributed by atoms with Crippen LogP contribution in [-0.4, -0.2) is 34.6 Å². The third-order valence-corrected chi connectivity index (χ3v) is 4.78. The predicted molar refractivity (Wildman–Crippen MR) is 68.4 cm³/mol. The van der Waals surface area contributed by atoms with Crippen molar-refractivity contribution >= 4 is 29.3 Å². The highest BCUT2D eigenvalue weighted by Crippen LogP contribution is 2.38. The van der Waals surface area contributed by atoms with Crippen molar-refractivity contribution in [3.63, 3.8) is 0 Å². The number of rotatable bonds is 3. The summed E-state index contributed by atoms with van der Waals surface area (Å²) in [5.41, 5.74) is -0.625. The molecule has 2 heterocycles. The van der Waals surface area contributed by atoms with Gasteiger partial charge in [0.15, 0.2) is 17.5 Å². The van der Waals surface area contributed by atoms with Crippen molar-refractivity contribution in [2.45, 2.75) is 44.6 Å². The molecule has 2 fully saturated rings. The van der Waals surface area contributed by atoms with E-state index in [-0.39, 0.29) is 24.4 Å². The van der Waals surface area contributed by atoms with E-state index in [1.807, 2.05) is 6.92 Å². The van der Waals surface area contributed by atoms with E-state index in [1.165, 1.54) is 0 Å². The van der Waals surface area contributed by atoms with Crippen LogP contribution in [0.3, 0.4) is 0 Å². The van der Waals surface area contributed by atoms with Gasteiger partial charge in [0, 0.05) is 18.6 Å². The lowest BCUT2D eigenvalue weighted by molar-refractivity contribution is -0.176. The summed E-state index contributed by atoms with van der Waals surface area (Å²) in [6, 6.07) is 0. The van der Waals surface area contributed by atoms with Gasteiger partial charge < -0.3 is 4.74 Å². The molecule has 0 N–H and O–H groups in total. The maximum atomic E-state index is 12.1. The Morgan fingerprint density at radius 1 is 1.50 bits per heavy atom. The molecule has 0 aromatic heterocycles. The summed E-state index contributed by atoms with van der Waals surface area (Å²) in [5.74, 6) is -0.571. The Bertz CT molecular complexity index is 351. The van der Waals surface area contributed by atoms with Gasteiger partial charge in [0.25, 0.3) is 0 Å². The van der Waals surface area contributed by atoms with Gasteiger partial charge >= 0.3 is 5.97 Å². The van der Waals surface area contributed by atoms with Crippen LogP contribution in [0.25, 0.3) is 0 Å². The van der Waals surface area contributed by atoms with E-state index in [2.05, 4.69) is 0 Å². The van der Waals surface area contributed by atoms with Crippen LogP contribution >= 0.6 is 11.8 Å². The fourth-order valence-electron chi connectivity index (χ4n) is 2.61. The Morgan fingerprint density at radius 3 is 2.83 bits per heavy atom. The molecule has 2 aliphatic rings. The van der Waals surface area contributed by atoms with Crippen molar-refractivity contribution in [2.75, 3.05) is 11.5 Å². The van der Waals surface area contributed by atoms with E-state index in [9.17, 15) is 14.4 Å². The molecule has 5 heteroatoms.